The molecular formula is C77H132O6. The van der Waals surface area contributed by atoms with Gasteiger partial charge >= 0.3 is 17.9 Å². The Morgan fingerprint density at radius 2 is 0.482 bits per heavy atom. The molecule has 0 aromatic rings. The molecule has 1 unspecified atom stereocenters. The fourth-order valence-corrected chi connectivity index (χ4v) is 9.93. The van der Waals surface area contributed by atoms with Crippen molar-refractivity contribution in [3.05, 3.63) is 109 Å². The minimum atomic E-state index is -0.785. The van der Waals surface area contributed by atoms with Gasteiger partial charge in [-0.2, -0.15) is 0 Å². The number of hydrogen-bond donors (Lipinski definition) is 0. The normalized spacial score (nSPS) is 12.8. The third-order valence-electron chi connectivity index (χ3n) is 15.2. The van der Waals surface area contributed by atoms with Crippen LogP contribution < -0.4 is 0 Å². The van der Waals surface area contributed by atoms with Gasteiger partial charge in [-0.25, -0.2) is 0 Å². The Labute approximate surface area is 514 Å². The number of unbranched alkanes of at least 4 members (excludes halogenated alkanes) is 35. The molecule has 1 atom stereocenters. The molecular weight excluding hydrogens is 1020 g/mol. The molecule has 476 valence electrons. The van der Waals surface area contributed by atoms with E-state index in [1.54, 1.807) is 0 Å². The van der Waals surface area contributed by atoms with E-state index in [4.69, 9.17) is 14.2 Å². The molecule has 0 aliphatic rings. The molecule has 0 aromatic carbocycles. The van der Waals surface area contributed by atoms with Gasteiger partial charge in [0.25, 0.3) is 0 Å². The number of allylic oxidation sites excluding steroid dienone is 18. The zero-order chi connectivity index (χ0) is 59.9. The number of esters is 3. The van der Waals surface area contributed by atoms with Crippen LogP contribution in [-0.2, 0) is 28.6 Å². The molecule has 0 aliphatic heterocycles. The standard InChI is InChI=1S/C77H132O6/c1-4-7-10-13-16-19-22-24-26-28-30-32-33-34-35-36-37-38-39-40-41-42-43-45-46-48-50-52-55-58-61-64-67-70-76(79)82-73-74(72-81-75(78)69-66-63-60-57-54-21-18-15-12-9-6-3)83-77(80)71-68-65-62-59-56-53-51-49-47-44-31-29-27-25-23-20-17-14-11-8-5-2/h7,10,15-16,18-19,24,26,29-32,34-35,37-38,40-41,74H,4-6,8-9,11-14,17,20-23,25,27-28,33,36,39,42-73H2,1-3H3/b10-7-,18-15-,19-16-,26-24-,31-29-,32-30-,35-34-,38-37-,41-40-. The van der Waals surface area contributed by atoms with Gasteiger partial charge in [0, 0.05) is 19.3 Å². The van der Waals surface area contributed by atoms with Gasteiger partial charge in [0.2, 0.25) is 0 Å². The van der Waals surface area contributed by atoms with Gasteiger partial charge in [0.05, 0.1) is 0 Å². The summed E-state index contributed by atoms with van der Waals surface area (Å²) >= 11 is 0. The van der Waals surface area contributed by atoms with E-state index < -0.39 is 6.10 Å². The van der Waals surface area contributed by atoms with Crippen LogP contribution in [0.4, 0.5) is 0 Å². The van der Waals surface area contributed by atoms with Gasteiger partial charge in [-0.15, -0.1) is 0 Å². The van der Waals surface area contributed by atoms with Gasteiger partial charge < -0.3 is 14.2 Å². The molecule has 0 saturated carbocycles. The van der Waals surface area contributed by atoms with E-state index in [0.29, 0.717) is 19.3 Å². The van der Waals surface area contributed by atoms with Crippen LogP contribution in [0.2, 0.25) is 0 Å². The summed E-state index contributed by atoms with van der Waals surface area (Å²) in [7, 11) is 0. The van der Waals surface area contributed by atoms with Crippen LogP contribution in [0.1, 0.15) is 342 Å². The summed E-state index contributed by atoms with van der Waals surface area (Å²) in [6.45, 7) is 6.51. The van der Waals surface area contributed by atoms with Gasteiger partial charge in [-0.1, -0.05) is 310 Å². The van der Waals surface area contributed by atoms with Crippen LogP contribution in [0, 0.1) is 0 Å². The molecule has 0 aromatic heterocycles. The molecule has 0 heterocycles. The first-order valence-electron chi connectivity index (χ1n) is 35.4. The Bertz CT molecular complexity index is 1660. The number of carbonyl (C=O) groups is 3. The largest absolute Gasteiger partial charge is 0.462 e. The smallest absolute Gasteiger partial charge is 0.306 e. The summed E-state index contributed by atoms with van der Waals surface area (Å²) in [6, 6.07) is 0. The highest BCUT2D eigenvalue weighted by molar-refractivity contribution is 5.71. The lowest BCUT2D eigenvalue weighted by atomic mass is 10.0. The maximum absolute atomic E-state index is 12.9. The Morgan fingerprint density at radius 1 is 0.253 bits per heavy atom. The summed E-state index contributed by atoms with van der Waals surface area (Å²) in [5.74, 6) is -0.884. The van der Waals surface area contributed by atoms with Crippen molar-refractivity contribution in [2.24, 2.45) is 0 Å². The Balaban J connectivity index is 4.21. The maximum atomic E-state index is 12.9. The van der Waals surface area contributed by atoms with Crippen molar-refractivity contribution in [2.75, 3.05) is 13.2 Å². The lowest BCUT2D eigenvalue weighted by molar-refractivity contribution is -0.167. The van der Waals surface area contributed by atoms with Crippen molar-refractivity contribution in [3.63, 3.8) is 0 Å². The Morgan fingerprint density at radius 3 is 0.783 bits per heavy atom. The van der Waals surface area contributed by atoms with Gasteiger partial charge in [-0.3, -0.25) is 14.4 Å². The molecule has 0 saturated heterocycles. The minimum Gasteiger partial charge on any atom is -0.462 e. The molecule has 0 radical (unpaired) electrons. The third kappa shape index (κ3) is 68.7. The van der Waals surface area contributed by atoms with Crippen molar-refractivity contribution >= 4 is 17.9 Å². The van der Waals surface area contributed by atoms with Crippen LogP contribution >= 0.6 is 0 Å². The van der Waals surface area contributed by atoms with Gasteiger partial charge in [-0.05, 0) is 122 Å². The van der Waals surface area contributed by atoms with Gasteiger partial charge in [0.1, 0.15) is 13.2 Å². The van der Waals surface area contributed by atoms with Crippen LogP contribution in [0.5, 0.6) is 0 Å². The van der Waals surface area contributed by atoms with Crippen molar-refractivity contribution in [2.45, 2.75) is 348 Å². The van der Waals surface area contributed by atoms with Crippen LogP contribution in [0.3, 0.4) is 0 Å². The van der Waals surface area contributed by atoms with E-state index in [-0.39, 0.29) is 31.1 Å². The number of hydrogen-bond acceptors (Lipinski definition) is 6. The second-order valence-corrected chi connectivity index (χ2v) is 23.4. The summed E-state index contributed by atoms with van der Waals surface area (Å²) < 4.78 is 16.9. The first-order valence-corrected chi connectivity index (χ1v) is 35.4. The second kappa shape index (κ2) is 70.6. The predicted octanol–water partition coefficient (Wildman–Crippen LogP) is 24.6. The van der Waals surface area contributed by atoms with E-state index in [9.17, 15) is 14.4 Å². The van der Waals surface area contributed by atoms with Gasteiger partial charge in [0.15, 0.2) is 6.10 Å². The molecule has 0 aliphatic carbocycles. The first kappa shape index (κ1) is 79.1. The fourth-order valence-electron chi connectivity index (χ4n) is 9.93. The average Bonchev–Trinajstić information content (AvgIpc) is 3.48. The zero-order valence-corrected chi connectivity index (χ0v) is 54.7. The highest BCUT2D eigenvalue weighted by atomic mass is 16.6. The molecule has 0 rings (SSSR count). The molecule has 6 nitrogen and oxygen atoms in total. The van der Waals surface area contributed by atoms with E-state index in [0.717, 1.165) is 109 Å². The first-order chi connectivity index (χ1) is 41.0. The number of carbonyl (C=O) groups excluding carboxylic acids is 3. The van der Waals surface area contributed by atoms with Crippen molar-refractivity contribution in [1.29, 1.82) is 0 Å². The predicted molar refractivity (Wildman–Crippen MR) is 362 cm³/mol. The highest BCUT2D eigenvalue weighted by Crippen LogP contribution is 2.17. The molecule has 0 fully saturated rings. The van der Waals surface area contributed by atoms with E-state index >= 15 is 0 Å². The minimum absolute atomic E-state index is 0.0812. The summed E-state index contributed by atoms with van der Waals surface area (Å²) in [6.07, 6.45) is 96.9. The molecule has 0 spiro atoms. The molecule has 0 N–H and O–H groups in total. The zero-order valence-electron chi connectivity index (χ0n) is 54.7. The van der Waals surface area contributed by atoms with Crippen molar-refractivity contribution in [1.82, 2.24) is 0 Å². The van der Waals surface area contributed by atoms with Crippen molar-refractivity contribution in [3.8, 4) is 0 Å². The summed E-state index contributed by atoms with van der Waals surface area (Å²) in [4.78, 5) is 38.4. The number of ether oxygens (including phenoxy) is 3. The Hall–Kier alpha value is -3.93. The van der Waals surface area contributed by atoms with E-state index in [2.05, 4.69) is 130 Å². The maximum Gasteiger partial charge on any atom is 0.306 e. The molecule has 6 heteroatoms. The van der Waals surface area contributed by atoms with Crippen LogP contribution in [0.15, 0.2) is 109 Å². The lowest BCUT2D eigenvalue weighted by Gasteiger charge is -2.18. The van der Waals surface area contributed by atoms with Crippen molar-refractivity contribution < 1.29 is 28.6 Å². The summed E-state index contributed by atoms with van der Waals surface area (Å²) in [5.41, 5.74) is 0. The lowest BCUT2D eigenvalue weighted by Crippen LogP contribution is -2.30. The fraction of sp³-hybridized carbons (Fsp3) is 0.727. The SMILES string of the molecule is CC/C=C\C/C=C\C/C=C\C/C=C\C/C=C\C/C=C\C/C=C\CCCCCCCCCCCCCC(=O)OCC(COC(=O)CCCCCCC/C=C\CCCC)OC(=O)CCCCCCCCCCC/C=C\CCCCCCCCCC. The highest BCUT2D eigenvalue weighted by Gasteiger charge is 2.19. The van der Waals surface area contributed by atoms with E-state index in [1.807, 2.05) is 0 Å². The van der Waals surface area contributed by atoms with Crippen LogP contribution in [0.25, 0.3) is 0 Å². The monoisotopic (exact) mass is 1150 g/mol. The third-order valence-corrected chi connectivity index (χ3v) is 15.2. The number of rotatable bonds is 64. The van der Waals surface area contributed by atoms with E-state index in [1.165, 1.54) is 193 Å². The quantitative estimate of drug-likeness (QED) is 0.0261. The molecule has 0 bridgehead atoms. The second-order valence-electron chi connectivity index (χ2n) is 23.4. The topological polar surface area (TPSA) is 78.9 Å². The molecule has 83 heavy (non-hydrogen) atoms. The summed E-state index contributed by atoms with van der Waals surface area (Å²) in [5, 5.41) is 0. The van der Waals surface area contributed by atoms with Crippen LogP contribution in [-0.4, -0.2) is 37.2 Å². The average molecular weight is 1150 g/mol. The Kier molecular flexibility index (Phi) is 67.2. The molecule has 0 amide bonds.